The first-order valence-electron chi connectivity index (χ1n) is 15.0. The SMILES string of the molecule is O=CNCCNC(=O)CCCCCCCCCNCn1ccc(-c2cc(Cl)c(Cl)c3[nH]c4c(c23)CN(C(=O)CO)CC4)n1. The summed E-state index contributed by atoms with van der Waals surface area (Å²) in [6.07, 6.45) is 11.4. The summed E-state index contributed by atoms with van der Waals surface area (Å²) in [5.74, 6) is -0.253. The molecule has 2 aromatic heterocycles. The van der Waals surface area contributed by atoms with Gasteiger partial charge in [0.1, 0.15) is 6.61 Å². The van der Waals surface area contributed by atoms with Gasteiger partial charge in [-0.15, -0.1) is 0 Å². The van der Waals surface area contributed by atoms with Crippen molar-refractivity contribution in [1.29, 1.82) is 0 Å². The molecule has 11 nitrogen and oxygen atoms in total. The number of carbonyl (C=O) groups excluding carboxylic acids is 3. The fourth-order valence-corrected chi connectivity index (χ4v) is 5.88. The highest BCUT2D eigenvalue weighted by Gasteiger charge is 2.27. The maximum Gasteiger partial charge on any atom is 0.248 e. The van der Waals surface area contributed by atoms with Crippen LogP contribution < -0.4 is 16.0 Å². The van der Waals surface area contributed by atoms with Gasteiger partial charge < -0.3 is 25.6 Å². The number of aromatic nitrogens is 3. The highest BCUT2D eigenvalue weighted by molar-refractivity contribution is 6.45. The van der Waals surface area contributed by atoms with E-state index in [1.54, 1.807) is 4.90 Å². The topological polar surface area (TPSA) is 144 Å². The van der Waals surface area contributed by atoms with E-state index in [1.807, 2.05) is 23.0 Å². The number of nitrogens with zero attached hydrogens (tertiary/aromatic N) is 3. The van der Waals surface area contributed by atoms with Crippen LogP contribution in [0.1, 0.15) is 62.6 Å². The van der Waals surface area contributed by atoms with Crippen LogP contribution in [0.2, 0.25) is 10.0 Å². The van der Waals surface area contributed by atoms with Crippen LogP contribution in [0.15, 0.2) is 18.3 Å². The third kappa shape index (κ3) is 8.95. The second kappa shape index (κ2) is 16.7. The van der Waals surface area contributed by atoms with Crippen LogP contribution in [0.5, 0.6) is 0 Å². The number of aliphatic hydroxyl groups is 1. The molecular formula is C30H41Cl2N7O4. The van der Waals surface area contributed by atoms with Gasteiger partial charge in [0.2, 0.25) is 18.2 Å². The van der Waals surface area contributed by atoms with Crippen molar-refractivity contribution in [2.75, 3.05) is 32.8 Å². The van der Waals surface area contributed by atoms with E-state index in [-0.39, 0.29) is 11.8 Å². The zero-order valence-corrected chi connectivity index (χ0v) is 25.9. The van der Waals surface area contributed by atoms with Gasteiger partial charge >= 0.3 is 0 Å². The molecule has 13 heteroatoms. The Kier molecular flexibility index (Phi) is 12.7. The van der Waals surface area contributed by atoms with Gasteiger partial charge in [0.25, 0.3) is 0 Å². The maximum atomic E-state index is 12.2. The zero-order valence-electron chi connectivity index (χ0n) is 24.4. The number of aliphatic hydroxyl groups excluding tert-OH is 1. The quantitative estimate of drug-likeness (QED) is 0.107. The average Bonchev–Trinajstić information content (AvgIpc) is 3.64. The molecule has 1 aliphatic rings. The van der Waals surface area contributed by atoms with E-state index in [1.165, 1.54) is 12.8 Å². The maximum absolute atomic E-state index is 12.2. The van der Waals surface area contributed by atoms with Gasteiger partial charge in [0.05, 0.1) is 27.9 Å². The summed E-state index contributed by atoms with van der Waals surface area (Å²) < 4.78 is 1.86. The van der Waals surface area contributed by atoms with Gasteiger partial charge in [-0.3, -0.25) is 24.4 Å². The molecule has 1 aromatic carbocycles. The predicted octanol–water partition coefficient (Wildman–Crippen LogP) is 3.75. The van der Waals surface area contributed by atoms with Gasteiger partial charge in [-0.25, -0.2) is 0 Å². The van der Waals surface area contributed by atoms with E-state index in [9.17, 15) is 19.5 Å². The second-order valence-electron chi connectivity index (χ2n) is 10.8. The third-order valence-corrected chi connectivity index (χ3v) is 8.54. The highest BCUT2D eigenvalue weighted by atomic mass is 35.5. The first-order chi connectivity index (χ1) is 20.9. The molecular weight excluding hydrogens is 593 g/mol. The van der Waals surface area contributed by atoms with Crippen LogP contribution in [0.25, 0.3) is 22.2 Å². The number of hydrogen-bond acceptors (Lipinski definition) is 6. The average molecular weight is 635 g/mol. The van der Waals surface area contributed by atoms with Crippen molar-refractivity contribution in [3.05, 3.63) is 39.6 Å². The molecule has 4 rings (SSSR count). The van der Waals surface area contributed by atoms with E-state index in [0.717, 1.165) is 72.1 Å². The minimum absolute atomic E-state index is 0.0417. The molecule has 0 fully saturated rings. The van der Waals surface area contributed by atoms with E-state index < -0.39 is 6.61 Å². The fraction of sp³-hybridized carbons (Fsp3) is 0.533. The molecule has 234 valence electrons. The van der Waals surface area contributed by atoms with E-state index in [2.05, 4.69) is 20.9 Å². The van der Waals surface area contributed by atoms with E-state index >= 15 is 0 Å². The lowest BCUT2D eigenvalue weighted by Gasteiger charge is -2.26. The van der Waals surface area contributed by atoms with Crippen LogP contribution in [0.4, 0.5) is 0 Å². The van der Waals surface area contributed by atoms with Crippen LogP contribution in [0.3, 0.4) is 0 Å². The number of fused-ring (bicyclic) bond motifs is 3. The lowest BCUT2D eigenvalue weighted by molar-refractivity contribution is -0.135. The fourth-order valence-electron chi connectivity index (χ4n) is 5.48. The first-order valence-corrected chi connectivity index (χ1v) is 15.8. The summed E-state index contributed by atoms with van der Waals surface area (Å²) in [6.45, 7) is 2.82. The summed E-state index contributed by atoms with van der Waals surface area (Å²) in [6, 6.07) is 3.78. The molecule has 0 aliphatic carbocycles. The Morgan fingerprint density at radius 2 is 1.84 bits per heavy atom. The van der Waals surface area contributed by atoms with Gasteiger partial charge in [-0.1, -0.05) is 55.3 Å². The number of aromatic amines is 1. The van der Waals surface area contributed by atoms with Gasteiger partial charge in [0, 0.05) is 67.4 Å². The number of hydrogen-bond donors (Lipinski definition) is 5. The Bertz CT molecular complexity index is 1390. The molecule has 0 bridgehead atoms. The third-order valence-electron chi connectivity index (χ3n) is 7.75. The lowest BCUT2D eigenvalue weighted by Crippen LogP contribution is -2.37. The van der Waals surface area contributed by atoms with Crippen LogP contribution in [0, 0.1) is 0 Å². The van der Waals surface area contributed by atoms with Crippen molar-refractivity contribution < 1.29 is 19.5 Å². The molecule has 3 amide bonds. The number of carbonyl (C=O) groups is 3. The Balaban J connectivity index is 1.19. The largest absolute Gasteiger partial charge is 0.387 e. The van der Waals surface area contributed by atoms with Crippen LogP contribution in [-0.2, 0) is 34.0 Å². The minimum Gasteiger partial charge on any atom is -0.387 e. The van der Waals surface area contributed by atoms with Gasteiger partial charge in [-0.2, -0.15) is 5.10 Å². The molecule has 0 atom stereocenters. The normalized spacial score (nSPS) is 12.9. The molecule has 3 heterocycles. The van der Waals surface area contributed by atoms with Crippen molar-refractivity contribution in [2.24, 2.45) is 0 Å². The zero-order chi connectivity index (χ0) is 30.6. The number of nitrogens with one attached hydrogen (secondary N) is 4. The molecule has 0 saturated carbocycles. The van der Waals surface area contributed by atoms with E-state index in [4.69, 9.17) is 28.3 Å². The summed E-state index contributed by atoms with van der Waals surface area (Å²) in [4.78, 5) is 39.1. The molecule has 43 heavy (non-hydrogen) atoms. The van der Waals surface area contributed by atoms with Crippen molar-refractivity contribution >= 4 is 52.3 Å². The summed E-state index contributed by atoms with van der Waals surface area (Å²) in [7, 11) is 0. The summed E-state index contributed by atoms with van der Waals surface area (Å²) in [5, 5.41) is 24.7. The van der Waals surface area contributed by atoms with Crippen LogP contribution >= 0.6 is 23.2 Å². The Morgan fingerprint density at radius 1 is 1.07 bits per heavy atom. The number of amides is 3. The first kappa shape index (κ1) is 32.8. The van der Waals surface area contributed by atoms with Gasteiger partial charge in [-0.05, 0) is 31.5 Å². The number of halogens is 2. The van der Waals surface area contributed by atoms with Crippen molar-refractivity contribution in [1.82, 2.24) is 35.6 Å². The second-order valence-corrected chi connectivity index (χ2v) is 11.6. The number of rotatable bonds is 18. The number of benzene rings is 1. The smallest absolute Gasteiger partial charge is 0.248 e. The standard InChI is InChI=1S/C30H41Cl2N7O4/c31-23-16-21(28-22-17-38(27(43)18-40)14-9-24(22)36-30(28)29(23)32)25-10-15-39(37-25)19-33-11-7-5-3-1-2-4-6-8-26(42)35-13-12-34-20-41/h10,15-16,20,33,36,40H,1-9,11-14,17-19H2,(H,34,41)(H,35,42). The summed E-state index contributed by atoms with van der Waals surface area (Å²) in [5.41, 5.74) is 4.37. The minimum atomic E-state index is -0.513. The number of H-pyrrole nitrogens is 1. The van der Waals surface area contributed by atoms with E-state index in [0.29, 0.717) is 62.1 Å². The monoisotopic (exact) mass is 633 g/mol. The highest BCUT2D eigenvalue weighted by Crippen LogP contribution is 2.41. The number of unbranched alkanes of at least 4 members (excludes halogenated alkanes) is 6. The van der Waals surface area contributed by atoms with Gasteiger partial charge in [0.15, 0.2) is 0 Å². The van der Waals surface area contributed by atoms with Crippen molar-refractivity contribution in [3.8, 4) is 11.3 Å². The molecule has 5 N–H and O–H groups in total. The van der Waals surface area contributed by atoms with Crippen LogP contribution in [-0.4, -0.2) is 75.8 Å². The molecule has 0 radical (unpaired) electrons. The lowest BCUT2D eigenvalue weighted by atomic mass is 9.99. The molecule has 1 aliphatic heterocycles. The van der Waals surface area contributed by atoms with Crippen molar-refractivity contribution in [2.45, 2.75) is 71.0 Å². The van der Waals surface area contributed by atoms with Crippen molar-refractivity contribution in [3.63, 3.8) is 0 Å². The summed E-state index contributed by atoms with van der Waals surface area (Å²) >= 11 is 13.1. The Morgan fingerprint density at radius 3 is 2.60 bits per heavy atom. The Labute approximate surface area is 261 Å². The Hall–Kier alpha value is -3.12. The molecule has 0 unspecified atom stereocenters. The molecule has 3 aromatic rings. The molecule has 0 spiro atoms. The predicted molar refractivity (Wildman–Crippen MR) is 168 cm³/mol. The molecule has 0 saturated heterocycles.